The van der Waals surface area contributed by atoms with Crippen LogP contribution in [0.5, 0.6) is 0 Å². The predicted octanol–water partition coefficient (Wildman–Crippen LogP) is 2.01. The molecule has 0 aliphatic heterocycles. The Kier molecular flexibility index (Phi) is 203. The molecule has 13 heavy (non-hydrogen) atoms. The number of aliphatic hydroxyl groups excluding tert-OH is 2. The Bertz CT molecular complexity index is 48.9. The van der Waals surface area contributed by atoms with Crippen molar-refractivity contribution in [3.05, 3.63) is 39.2 Å². The van der Waals surface area contributed by atoms with E-state index in [2.05, 4.69) is 27.0 Å². The minimum atomic E-state index is 0. The second-order valence-corrected chi connectivity index (χ2v) is 1.21. The molecule has 0 saturated heterocycles. The van der Waals surface area contributed by atoms with Crippen LogP contribution in [0.15, 0.2) is 25.3 Å². The summed E-state index contributed by atoms with van der Waals surface area (Å²) in [6, 6.07) is 0. The van der Waals surface area contributed by atoms with Gasteiger partial charge in [-0.05, 0) is 13.8 Å². The van der Waals surface area contributed by atoms with Gasteiger partial charge in [0.25, 0.3) is 0 Å². The largest absolute Gasteiger partial charge is 2.00 e. The Labute approximate surface area is 102 Å². The van der Waals surface area contributed by atoms with E-state index in [9.17, 15) is 0 Å². The molecule has 0 amide bonds. The summed E-state index contributed by atoms with van der Waals surface area (Å²) in [5, 5.41) is 15.1. The van der Waals surface area contributed by atoms with Crippen molar-refractivity contribution in [2.24, 2.45) is 0 Å². The van der Waals surface area contributed by atoms with E-state index in [1.165, 1.54) is 12.2 Å². The van der Waals surface area contributed by atoms with Gasteiger partial charge in [-0.1, -0.05) is 0 Å². The fourth-order valence-corrected chi connectivity index (χ4v) is 0. The van der Waals surface area contributed by atoms with Crippen molar-refractivity contribution >= 4 is 0 Å². The number of rotatable bonds is 0. The zero-order valence-corrected chi connectivity index (χ0v) is 11.2. The van der Waals surface area contributed by atoms with Crippen molar-refractivity contribution in [3.8, 4) is 0 Å². The molecule has 0 fully saturated rings. The predicted molar refractivity (Wildman–Crippen MR) is 56.6 cm³/mol. The van der Waals surface area contributed by atoms with E-state index >= 15 is 0 Å². The van der Waals surface area contributed by atoms with Crippen LogP contribution in [0, 0.1) is 13.8 Å². The third kappa shape index (κ3) is 2260000. The molecule has 0 unspecified atom stereocenters. The quantitative estimate of drug-likeness (QED) is 0.658. The molecule has 0 aliphatic carbocycles. The molecular weight excluding hydrogens is 243 g/mol. The van der Waals surface area contributed by atoms with Crippen molar-refractivity contribution in [2.45, 2.75) is 13.8 Å². The molecule has 3 heteroatoms. The van der Waals surface area contributed by atoms with Crippen LogP contribution in [0.4, 0.5) is 0 Å². The Morgan fingerprint density at radius 1 is 1.00 bits per heavy atom. The first kappa shape index (κ1) is 29.2. The van der Waals surface area contributed by atoms with E-state index in [0.29, 0.717) is 0 Å². The van der Waals surface area contributed by atoms with E-state index in [0.717, 1.165) is 0 Å². The van der Waals surface area contributed by atoms with Crippen molar-refractivity contribution in [1.29, 1.82) is 0 Å². The van der Waals surface area contributed by atoms with E-state index < -0.39 is 0 Å². The standard InChI is InChI=1S/2C3H5.2C2H6O.Zr/c2*1-3-2;2*1-2-3;/h2*3H,1-2H2;2*3H,2H2,1H3;/q2*-1;;;+2. The summed E-state index contributed by atoms with van der Waals surface area (Å²) in [6.45, 7) is 16.9. The summed E-state index contributed by atoms with van der Waals surface area (Å²) >= 11 is 0. The van der Waals surface area contributed by atoms with Crippen molar-refractivity contribution in [2.75, 3.05) is 13.2 Å². The first-order valence-corrected chi connectivity index (χ1v) is 3.68. The Morgan fingerprint density at radius 3 is 1.00 bits per heavy atom. The monoisotopic (exact) mass is 264 g/mol. The van der Waals surface area contributed by atoms with Gasteiger partial charge < -0.3 is 10.2 Å². The summed E-state index contributed by atoms with van der Waals surface area (Å²) in [5.41, 5.74) is 0. The summed E-state index contributed by atoms with van der Waals surface area (Å²) in [7, 11) is 0. The van der Waals surface area contributed by atoms with Crippen molar-refractivity contribution < 1.29 is 36.4 Å². The topological polar surface area (TPSA) is 40.5 Å². The van der Waals surface area contributed by atoms with Crippen molar-refractivity contribution in [3.63, 3.8) is 0 Å². The minimum absolute atomic E-state index is 0. The molecule has 0 aliphatic rings. The van der Waals surface area contributed by atoms with Crippen LogP contribution in [0.2, 0.25) is 0 Å². The summed E-state index contributed by atoms with van der Waals surface area (Å²) in [4.78, 5) is 0. The number of hydrogen-bond donors (Lipinski definition) is 2. The SMILES string of the molecule is C=C[CH2-].C=C[CH2-].CCO.CCO.[Zr+2]. The van der Waals surface area contributed by atoms with E-state index in [4.69, 9.17) is 10.2 Å². The van der Waals surface area contributed by atoms with Gasteiger partial charge in [-0.3, -0.25) is 0 Å². The van der Waals surface area contributed by atoms with Crippen LogP contribution >= 0.6 is 0 Å². The Hall–Kier alpha value is 0.0231. The molecule has 0 rings (SSSR count). The second kappa shape index (κ2) is 90.3. The third-order valence-electron chi connectivity index (χ3n) is 0. The average molecular weight is 266 g/mol. The molecule has 0 spiro atoms. The van der Waals surface area contributed by atoms with Gasteiger partial charge in [0.1, 0.15) is 0 Å². The number of aliphatic hydroxyl groups is 2. The first-order valence-electron chi connectivity index (χ1n) is 3.68. The molecular formula is C10H22O2Zr. The van der Waals surface area contributed by atoms with Crippen molar-refractivity contribution in [1.82, 2.24) is 0 Å². The van der Waals surface area contributed by atoms with Gasteiger partial charge in [0.15, 0.2) is 0 Å². The van der Waals surface area contributed by atoms with Crippen LogP contribution < -0.4 is 0 Å². The van der Waals surface area contributed by atoms with E-state index in [-0.39, 0.29) is 39.4 Å². The van der Waals surface area contributed by atoms with Crippen LogP contribution in [0.3, 0.4) is 0 Å². The molecule has 2 nitrogen and oxygen atoms in total. The van der Waals surface area contributed by atoms with Gasteiger partial charge in [0, 0.05) is 13.2 Å². The molecule has 0 aromatic rings. The van der Waals surface area contributed by atoms with E-state index in [1.54, 1.807) is 13.8 Å². The van der Waals surface area contributed by atoms with Gasteiger partial charge in [0.05, 0.1) is 0 Å². The summed E-state index contributed by atoms with van der Waals surface area (Å²) < 4.78 is 0. The van der Waals surface area contributed by atoms with Crippen LogP contribution in [-0.4, -0.2) is 23.4 Å². The molecule has 0 bridgehead atoms. The van der Waals surface area contributed by atoms with Crippen LogP contribution in [0.25, 0.3) is 0 Å². The normalized spacial score (nSPS) is 4.62. The maximum atomic E-state index is 7.57. The average Bonchev–Trinajstić information content (AvgIpc) is 1.92. The zero-order chi connectivity index (χ0) is 10.8. The fourth-order valence-electron chi connectivity index (χ4n) is 0. The van der Waals surface area contributed by atoms with Gasteiger partial charge in [0.2, 0.25) is 0 Å². The van der Waals surface area contributed by atoms with Gasteiger partial charge in [-0.15, -0.1) is 0 Å². The molecule has 2 N–H and O–H groups in total. The Balaban J connectivity index is -0.0000000213. The molecule has 78 valence electrons. The number of hydrogen-bond acceptors (Lipinski definition) is 2. The van der Waals surface area contributed by atoms with Crippen LogP contribution in [-0.2, 0) is 26.2 Å². The molecule has 0 radical (unpaired) electrons. The third-order valence-corrected chi connectivity index (χ3v) is 0. The summed E-state index contributed by atoms with van der Waals surface area (Å²) in [5.74, 6) is 0. The molecule has 0 saturated carbocycles. The first-order chi connectivity index (χ1) is 5.66. The van der Waals surface area contributed by atoms with Gasteiger partial charge in [-0.2, -0.15) is 0 Å². The van der Waals surface area contributed by atoms with Crippen LogP contribution in [0.1, 0.15) is 13.8 Å². The maximum Gasteiger partial charge on any atom is 2.00 e. The van der Waals surface area contributed by atoms with Gasteiger partial charge in [-0.25, -0.2) is 39.2 Å². The minimum Gasteiger partial charge on any atom is -0.397 e. The maximum absolute atomic E-state index is 7.57. The zero-order valence-electron chi connectivity index (χ0n) is 8.79. The molecule has 0 aromatic carbocycles. The van der Waals surface area contributed by atoms with Gasteiger partial charge >= 0.3 is 26.2 Å². The summed E-state index contributed by atoms with van der Waals surface area (Å²) in [6.07, 6.45) is 3.00. The number of allylic oxidation sites excluding steroid dienone is 2. The second-order valence-electron chi connectivity index (χ2n) is 1.21. The smallest absolute Gasteiger partial charge is 0.397 e. The Morgan fingerprint density at radius 2 is 1.00 bits per heavy atom. The molecule has 0 atom stereocenters. The van der Waals surface area contributed by atoms with E-state index in [1.807, 2.05) is 0 Å². The fraction of sp³-hybridized carbons (Fsp3) is 0.400. The molecule has 0 aromatic heterocycles. The molecule has 0 heterocycles.